The van der Waals surface area contributed by atoms with E-state index in [0.29, 0.717) is 12.2 Å². The van der Waals surface area contributed by atoms with E-state index in [4.69, 9.17) is 4.74 Å². The Kier molecular flexibility index (Phi) is 3.87. The lowest BCUT2D eigenvalue weighted by molar-refractivity contribution is -0.136. The van der Waals surface area contributed by atoms with Gasteiger partial charge in [-0.15, -0.1) is 0 Å². The summed E-state index contributed by atoms with van der Waals surface area (Å²) in [6.07, 6.45) is 3.78. The van der Waals surface area contributed by atoms with Gasteiger partial charge in [-0.1, -0.05) is 0 Å². The molecule has 1 aliphatic heterocycles. The van der Waals surface area contributed by atoms with Crippen LogP contribution in [-0.4, -0.2) is 36.1 Å². The van der Waals surface area contributed by atoms with E-state index in [9.17, 15) is 9.59 Å². The average Bonchev–Trinajstić information content (AvgIpc) is 3.15. The number of carbonyl (C=O) groups excluding carboxylic acids is 2. The normalized spacial score (nSPS) is 17.8. The van der Waals surface area contributed by atoms with Crippen LogP contribution in [0, 0.1) is 0 Å². The number of hydrogen-bond donors (Lipinski definition) is 3. The first kappa shape index (κ1) is 13.6. The van der Waals surface area contributed by atoms with Gasteiger partial charge in [0.25, 0.3) is 0 Å². The number of benzene rings is 1. The van der Waals surface area contributed by atoms with Crippen molar-refractivity contribution >= 4 is 28.4 Å². The monoisotopic (exact) mass is 287 g/mol. The summed E-state index contributed by atoms with van der Waals surface area (Å²) >= 11 is 0. The largest absolute Gasteiger partial charge is 0.376 e. The number of nitrogens with one attached hydrogen (secondary N) is 3. The number of ether oxygens (including phenoxy) is 1. The first-order chi connectivity index (χ1) is 10.2. The standard InChI is InChI=1S/C15H17N3O3/c19-14(17-9-12-2-1-7-21-12)15(20)18-11-3-4-13-10(8-11)5-6-16-13/h3-6,8,12,16H,1-2,7,9H2,(H,17,19)(H,18,20). The molecule has 1 aromatic carbocycles. The van der Waals surface area contributed by atoms with Crippen molar-refractivity contribution in [1.82, 2.24) is 10.3 Å². The Morgan fingerprint density at radius 2 is 2.19 bits per heavy atom. The molecule has 2 heterocycles. The Labute approximate surface area is 121 Å². The maximum atomic E-state index is 11.8. The second-order valence-corrected chi connectivity index (χ2v) is 5.08. The summed E-state index contributed by atoms with van der Waals surface area (Å²) in [7, 11) is 0. The summed E-state index contributed by atoms with van der Waals surface area (Å²) in [6.45, 7) is 1.10. The molecule has 3 N–H and O–H groups in total. The third-order valence-corrected chi connectivity index (χ3v) is 3.53. The van der Waals surface area contributed by atoms with Crippen molar-refractivity contribution < 1.29 is 14.3 Å². The molecule has 2 amide bonds. The Morgan fingerprint density at radius 1 is 1.29 bits per heavy atom. The number of amides is 2. The summed E-state index contributed by atoms with van der Waals surface area (Å²) in [6, 6.07) is 7.33. The van der Waals surface area contributed by atoms with Crippen LogP contribution in [-0.2, 0) is 14.3 Å². The van der Waals surface area contributed by atoms with Crippen LogP contribution in [0.15, 0.2) is 30.5 Å². The van der Waals surface area contributed by atoms with Gasteiger partial charge in [0, 0.05) is 35.9 Å². The molecule has 2 aromatic rings. The van der Waals surface area contributed by atoms with Crippen LogP contribution < -0.4 is 10.6 Å². The number of fused-ring (bicyclic) bond motifs is 1. The minimum atomic E-state index is -0.664. The number of aromatic nitrogens is 1. The zero-order chi connectivity index (χ0) is 14.7. The van der Waals surface area contributed by atoms with Gasteiger partial charge in [-0.3, -0.25) is 9.59 Å². The highest BCUT2D eigenvalue weighted by Gasteiger charge is 2.19. The predicted molar refractivity (Wildman–Crippen MR) is 78.9 cm³/mol. The van der Waals surface area contributed by atoms with Gasteiger partial charge in [0.2, 0.25) is 0 Å². The van der Waals surface area contributed by atoms with Gasteiger partial charge in [-0.2, -0.15) is 0 Å². The molecule has 1 aliphatic rings. The first-order valence-corrected chi connectivity index (χ1v) is 7.00. The maximum Gasteiger partial charge on any atom is 0.313 e. The summed E-state index contributed by atoms with van der Waals surface area (Å²) < 4.78 is 5.39. The van der Waals surface area contributed by atoms with Crippen LogP contribution in [0.25, 0.3) is 10.9 Å². The van der Waals surface area contributed by atoms with Crippen molar-refractivity contribution in [2.75, 3.05) is 18.5 Å². The van der Waals surface area contributed by atoms with E-state index < -0.39 is 11.8 Å². The molecule has 6 nitrogen and oxygen atoms in total. The van der Waals surface area contributed by atoms with Crippen LogP contribution in [0.5, 0.6) is 0 Å². The molecule has 0 saturated carbocycles. The quantitative estimate of drug-likeness (QED) is 0.746. The lowest BCUT2D eigenvalue weighted by atomic mass is 10.2. The Balaban J connectivity index is 1.55. The number of H-pyrrole nitrogens is 1. The fourth-order valence-corrected chi connectivity index (χ4v) is 2.41. The van der Waals surface area contributed by atoms with Crippen molar-refractivity contribution in [3.8, 4) is 0 Å². The molecule has 1 aromatic heterocycles. The van der Waals surface area contributed by atoms with Gasteiger partial charge in [-0.25, -0.2) is 0 Å². The van der Waals surface area contributed by atoms with Crippen molar-refractivity contribution in [3.05, 3.63) is 30.5 Å². The summed E-state index contributed by atoms with van der Waals surface area (Å²) in [5.41, 5.74) is 1.58. The minimum Gasteiger partial charge on any atom is -0.376 e. The smallest absolute Gasteiger partial charge is 0.313 e. The van der Waals surface area contributed by atoms with Crippen molar-refractivity contribution in [2.24, 2.45) is 0 Å². The molecule has 0 radical (unpaired) electrons. The van der Waals surface area contributed by atoms with E-state index in [1.54, 1.807) is 6.07 Å². The number of rotatable bonds is 3. The Hall–Kier alpha value is -2.34. The topological polar surface area (TPSA) is 83.2 Å². The molecule has 1 unspecified atom stereocenters. The molecule has 110 valence electrons. The van der Waals surface area contributed by atoms with Crippen LogP contribution >= 0.6 is 0 Å². The zero-order valence-corrected chi connectivity index (χ0v) is 11.5. The molecule has 3 rings (SSSR count). The van der Waals surface area contributed by atoms with Crippen molar-refractivity contribution in [3.63, 3.8) is 0 Å². The van der Waals surface area contributed by atoms with Crippen LogP contribution in [0.4, 0.5) is 5.69 Å². The molecule has 1 fully saturated rings. The molecular weight excluding hydrogens is 270 g/mol. The van der Waals surface area contributed by atoms with E-state index >= 15 is 0 Å². The van der Waals surface area contributed by atoms with Gasteiger partial charge >= 0.3 is 11.8 Å². The summed E-state index contributed by atoms with van der Waals surface area (Å²) in [4.78, 5) is 26.6. The Morgan fingerprint density at radius 3 is 3.00 bits per heavy atom. The van der Waals surface area contributed by atoms with E-state index in [1.165, 1.54) is 0 Å². The van der Waals surface area contributed by atoms with E-state index in [0.717, 1.165) is 30.4 Å². The third-order valence-electron chi connectivity index (χ3n) is 3.53. The SMILES string of the molecule is O=C(NCC1CCCO1)C(=O)Nc1ccc2[nH]ccc2c1. The van der Waals surface area contributed by atoms with Crippen molar-refractivity contribution in [2.45, 2.75) is 18.9 Å². The van der Waals surface area contributed by atoms with Gasteiger partial charge < -0.3 is 20.4 Å². The third kappa shape index (κ3) is 3.22. The highest BCUT2D eigenvalue weighted by atomic mass is 16.5. The second-order valence-electron chi connectivity index (χ2n) is 5.08. The van der Waals surface area contributed by atoms with Gasteiger partial charge in [0.1, 0.15) is 0 Å². The molecule has 1 atom stereocenters. The van der Waals surface area contributed by atoms with Gasteiger partial charge in [-0.05, 0) is 37.1 Å². The number of aromatic amines is 1. The summed E-state index contributed by atoms with van der Waals surface area (Å²) in [5.74, 6) is -1.30. The fourth-order valence-electron chi connectivity index (χ4n) is 2.41. The van der Waals surface area contributed by atoms with Crippen LogP contribution in [0.2, 0.25) is 0 Å². The number of hydrogen-bond acceptors (Lipinski definition) is 3. The number of anilines is 1. The van der Waals surface area contributed by atoms with Crippen molar-refractivity contribution in [1.29, 1.82) is 0 Å². The predicted octanol–water partition coefficient (Wildman–Crippen LogP) is 1.40. The van der Waals surface area contributed by atoms with Crippen LogP contribution in [0.1, 0.15) is 12.8 Å². The minimum absolute atomic E-state index is 0.0259. The van der Waals surface area contributed by atoms with Crippen LogP contribution in [0.3, 0.4) is 0 Å². The highest BCUT2D eigenvalue weighted by molar-refractivity contribution is 6.39. The van der Waals surface area contributed by atoms with E-state index in [1.807, 2.05) is 24.4 Å². The Bertz CT molecular complexity index is 659. The van der Waals surface area contributed by atoms with E-state index in [2.05, 4.69) is 15.6 Å². The highest BCUT2D eigenvalue weighted by Crippen LogP contribution is 2.17. The molecule has 1 saturated heterocycles. The zero-order valence-electron chi connectivity index (χ0n) is 11.5. The van der Waals surface area contributed by atoms with E-state index in [-0.39, 0.29) is 6.10 Å². The molecular formula is C15H17N3O3. The molecule has 21 heavy (non-hydrogen) atoms. The number of carbonyl (C=O) groups is 2. The maximum absolute atomic E-state index is 11.8. The van der Waals surface area contributed by atoms with Gasteiger partial charge in [0.05, 0.1) is 6.10 Å². The molecule has 0 aliphatic carbocycles. The molecule has 0 bridgehead atoms. The molecule has 6 heteroatoms. The lowest BCUT2D eigenvalue weighted by Crippen LogP contribution is -2.39. The lowest BCUT2D eigenvalue weighted by Gasteiger charge is -2.10. The molecule has 0 spiro atoms. The first-order valence-electron chi connectivity index (χ1n) is 7.00. The van der Waals surface area contributed by atoms with Gasteiger partial charge in [0.15, 0.2) is 0 Å². The second kappa shape index (κ2) is 5.97. The summed E-state index contributed by atoms with van der Waals surface area (Å²) in [5, 5.41) is 6.17. The fraction of sp³-hybridized carbons (Fsp3) is 0.333. The average molecular weight is 287 g/mol.